The molecule has 1 aliphatic heterocycles. The molecule has 0 atom stereocenters. The van der Waals surface area contributed by atoms with Crippen molar-refractivity contribution in [1.82, 2.24) is 5.32 Å². The second kappa shape index (κ2) is 5.62. The zero-order valence-electron chi connectivity index (χ0n) is 9.28. The largest absolute Gasteiger partial charge is 0.435 e. The van der Waals surface area contributed by atoms with Crippen LogP contribution in [0.1, 0.15) is 5.56 Å². The van der Waals surface area contributed by atoms with Crippen LogP contribution in [0.15, 0.2) is 24.3 Å². The first kappa shape index (κ1) is 14.2. The van der Waals surface area contributed by atoms with Gasteiger partial charge < -0.3 is 14.8 Å². The number of rotatable bonds is 4. The summed E-state index contributed by atoms with van der Waals surface area (Å²) in [7, 11) is 1.64. The van der Waals surface area contributed by atoms with E-state index in [-0.39, 0.29) is 23.8 Å². The number of halogens is 3. The van der Waals surface area contributed by atoms with Crippen LogP contribution >= 0.6 is 12.4 Å². The third-order valence-electron chi connectivity index (χ3n) is 2.82. The highest BCUT2D eigenvalue weighted by molar-refractivity contribution is 5.85. The van der Waals surface area contributed by atoms with E-state index in [0.717, 1.165) is 18.7 Å². The van der Waals surface area contributed by atoms with Crippen molar-refractivity contribution in [3.63, 3.8) is 0 Å². The molecule has 0 amide bonds. The first-order valence-electron chi connectivity index (χ1n) is 4.97. The van der Waals surface area contributed by atoms with Crippen LogP contribution in [0.2, 0.25) is 0 Å². The number of methoxy groups -OCH3 is 1. The van der Waals surface area contributed by atoms with Crippen LogP contribution < -0.4 is 10.1 Å². The Hall–Kier alpha value is -0.910. The summed E-state index contributed by atoms with van der Waals surface area (Å²) in [5.41, 5.74) is 0.652. The molecule has 0 saturated carbocycles. The van der Waals surface area contributed by atoms with Crippen molar-refractivity contribution in [2.75, 3.05) is 20.2 Å². The van der Waals surface area contributed by atoms with Gasteiger partial charge >= 0.3 is 6.61 Å². The number of hydrogen-bond donors (Lipinski definition) is 1. The fraction of sp³-hybridized carbons (Fsp3) is 0.455. The summed E-state index contributed by atoms with van der Waals surface area (Å²) in [5, 5.41) is 3.12. The van der Waals surface area contributed by atoms with Gasteiger partial charge in [0.25, 0.3) is 0 Å². The second-order valence-electron chi connectivity index (χ2n) is 3.70. The normalized spacial score (nSPS) is 17.2. The molecule has 1 saturated heterocycles. The van der Waals surface area contributed by atoms with Crippen LogP contribution in [0.4, 0.5) is 8.78 Å². The van der Waals surface area contributed by atoms with E-state index in [1.807, 2.05) is 0 Å². The molecule has 1 heterocycles. The Bertz CT molecular complexity index is 349. The van der Waals surface area contributed by atoms with E-state index in [2.05, 4.69) is 10.1 Å². The first-order chi connectivity index (χ1) is 7.66. The van der Waals surface area contributed by atoms with Gasteiger partial charge in [-0.1, -0.05) is 12.1 Å². The summed E-state index contributed by atoms with van der Waals surface area (Å²) in [5.74, 6) is 0.164. The van der Waals surface area contributed by atoms with Crippen molar-refractivity contribution in [3.05, 3.63) is 29.8 Å². The molecule has 1 N–H and O–H groups in total. The maximum absolute atomic E-state index is 11.9. The Labute approximate surface area is 105 Å². The lowest BCUT2D eigenvalue weighted by molar-refractivity contribution is -0.0572. The van der Waals surface area contributed by atoms with E-state index in [1.54, 1.807) is 19.2 Å². The van der Waals surface area contributed by atoms with Crippen molar-refractivity contribution in [2.45, 2.75) is 12.2 Å². The minimum atomic E-state index is -2.78. The lowest BCUT2D eigenvalue weighted by Gasteiger charge is -2.41. The van der Waals surface area contributed by atoms with Crippen molar-refractivity contribution in [2.24, 2.45) is 0 Å². The average molecular weight is 266 g/mol. The SMILES string of the molecule is COC1(c2ccc(OC(F)F)cc2)CNC1.Cl. The Kier molecular flexibility index (Phi) is 4.68. The number of hydrogen-bond acceptors (Lipinski definition) is 3. The molecular formula is C11H14ClF2NO2. The van der Waals surface area contributed by atoms with E-state index in [4.69, 9.17) is 4.74 Å². The lowest BCUT2D eigenvalue weighted by Crippen LogP contribution is -2.57. The molecule has 96 valence electrons. The minimum absolute atomic E-state index is 0. The number of ether oxygens (including phenoxy) is 2. The number of alkyl halides is 2. The first-order valence-corrected chi connectivity index (χ1v) is 4.97. The summed E-state index contributed by atoms with van der Waals surface area (Å²) in [6, 6.07) is 6.56. The summed E-state index contributed by atoms with van der Waals surface area (Å²) in [4.78, 5) is 0. The third kappa shape index (κ3) is 2.86. The standard InChI is InChI=1S/C11H13F2NO2.ClH/c1-15-11(6-14-7-11)8-2-4-9(5-3-8)16-10(12)13;/h2-5,10,14H,6-7H2,1H3;1H. The van der Waals surface area contributed by atoms with Crippen LogP contribution in [0.5, 0.6) is 5.75 Å². The Morgan fingerprint density at radius 3 is 2.18 bits per heavy atom. The fourth-order valence-electron chi connectivity index (χ4n) is 1.76. The summed E-state index contributed by atoms with van der Waals surface area (Å²) >= 11 is 0. The Morgan fingerprint density at radius 1 is 1.24 bits per heavy atom. The lowest BCUT2D eigenvalue weighted by atomic mass is 9.88. The van der Waals surface area contributed by atoms with E-state index < -0.39 is 6.61 Å². The molecule has 0 bridgehead atoms. The summed E-state index contributed by atoms with van der Waals surface area (Å²) in [6.45, 7) is -1.32. The predicted octanol–water partition coefficient (Wildman–Crippen LogP) is 2.15. The van der Waals surface area contributed by atoms with E-state index >= 15 is 0 Å². The molecule has 3 nitrogen and oxygen atoms in total. The molecule has 6 heteroatoms. The van der Waals surface area contributed by atoms with Crippen molar-refractivity contribution in [1.29, 1.82) is 0 Å². The maximum atomic E-state index is 11.9. The highest BCUT2D eigenvalue weighted by atomic mass is 35.5. The van der Waals surface area contributed by atoms with E-state index in [1.165, 1.54) is 12.1 Å². The second-order valence-corrected chi connectivity index (χ2v) is 3.70. The van der Waals surface area contributed by atoms with Crippen molar-refractivity contribution >= 4 is 12.4 Å². The van der Waals surface area contributed by atoms with Gasteiger partial charge in [-0.15, -0.1) is 12.4 Å². The fourth-order valence-corrected chi connectivity index (χ4v) is 1.76. The van der Waals surface area contributed by atoms with Gasteiger partial charge in [0.05, 0.1) is 0 Å². The van der Waals surface area contributed by atoms with E-state index in [9.17, 15) is 8.78 Å². The maximum Gasteiger partial charge on any atom is 0.387 e. The molecule has 0 aliphatic carbocycles. The summed E-state index contributed by atoms with van der Waals surface area (Å²) in [6.07, 6.45) is 0. The smallest absolute Gasteiger partial charge is 0.387 e. The number of benzene rings is 1. The molecule has 1 aromatic carbocycles. The monoisotopic (exact) mass is 265 g/mol. The number of nitrogens with one attached hydrogen (secondary N) is 1. The molecule has 1 aromatic rings. The Balaban J connectivity index is 0.00000144. The van der Waals surface area contributed by atoms with E-state index in [0.29, 0.717) is 0 Å². The van der Waals surface area contributed by atoms with Crippen LogP contribution in [0.25, 0.3) is 0 Å². The molecule has 0 aromatic heterocycles. The topological polar surface area (TPSA) is 30.5 Å². The summed E-state index contributed by atoms with van der Waals surface area (Å²) < 4.78 is 33.6. The zero-order chi connectivity index (χ0) is 11.6. The van der Waals surface area contributed by atoms with Crippen LogP contribution in [-0.4, -0.2) is 26.8 Å². The van der Waals surface area contributed by atoms with Gasteiger partial charge in [0.1, 0.15) is 11.4 Å². The predicted molar refractivity (Wildman–Crippen MR) is 61.9 cm³/mol. The highest BCUT2D eigenvalue weighted by Crippen LogP contribution is 2.30. The molecule has 1 fully saturated rings. The molecule has 0 unspecified atom stereocenters. The molecule has 1 aliphatic rings. The molecule has 0 spiro atoms. The average Bonchev–Trinajstić information content (AvgIpc) is 2.19. The van der Waals surface area contributed by atoms with Gasteiger partial charge in [0, 0.05) is 20.2 Å². The molecule has 0 radical (unpaired) electrons. The van der Waals surface area contributed by atoms with Crippen LogP contribution in [0, 0.1) is 0 Å². The molecule has 2 rings (SSSR count). The zero-order valence-corrected chi connectivity index (χ0v) is 10.1. The quantitative estimate of drug-likeness (QED) is 0.905. The van der Waals surface area contributed by atoms with Gasteiger partial charge in [-0.3, -0.25) is 0 Å². The van der Waals surface area contributed by atoms with Gasteiger partial charge in [-0.05, 0) is 17.7 Å². The van der Waals surface area contributed by atoms with Crippen LogP contribution in [0.3, 0.4) is 0 Å². The molecule has 17 heavy (non-hydrogen) atoms. The van der Waals surface area contributed by atoms with Gasteiger partial charge in [0.2, 0.25) is 0 Å². The van der Waals surface area contributed by atoms with Gasteiger partial charge in [-0.25, -0.2) is 0 Å². The highest BCUT2D eigenvalue weighted by Gasteiger charge is 2.38. The van der Waals surface area contributed by atoms with Crippen molar-refractivity contribution < 1.29 is 18.3 Å². The van der Waals surface area contributed by atoms with Crippen LogP contribution in [-0.2, 0) is 10.3 Å². The van der Waals surface area contributed by atoms with Gasteiger partial charge in [0.15, 0.2) is 0 Å². The van der Waals surface area contributed by atoms with Gasteiger partial charge in [-0.2, -0.15) is 8.78 Å². The Morgan fingerprint density at radius 2 is 1.82 bits per heavy atom. The van der Waals surface area contributed by atoms with Crippen molar-refractivity contribution in [3.8, 4) is 5.75 Å². The third-order valence-corrected chi connectivity index (χ3v) is 2.82. The minimum Gasteiger partial charge on any atom is -0.435 e. The molecular weight excluding hydrogens is 252 g/mol.